The molecule has 1 aromatic rings. The lowest BCUT2D eigenvalue weighted by Crippen LogP contribution is -2.22. The molecule has 0 unspecified atom stereocenters. The minimum Gasteiger partial charge on any atom is -0.353 e. The predicted molar refractivity (Wildman–Crippen MR) is 162 cm³/mol. The van der Waals surface area contributed by atoms with E-state index in [9.17, 15) is 4.79 Å². The first-order valence-electron chi connectivity index (χ1n) is 14.6. The van der Waals surface area contributed by atoms with E-state index in [4.69, 9.17) is 0 Å². The van der Waals surface area contributed by atoms with Gasteiger partial charge in [0.25, 0.3) is 0 Å². The minimum atomic E-state index is -1.13. The Labute approximate surface area is 232 Å². The van der Waals surface area contributed by atoms with Crippen molar-refractivity contribution in [3.8, 4) is 11.5 Å². The SMILES string of the molecule is C=CC(=O)NCCCn1cc(CCCCC2=[N+](C)CCC2)nn1.C[Si](C)(C)C#CCCCCC1=NCCC1. The first kappa shape index (κ1) is 31.7. The Kier molecular flexibility index (Phi) is 14.9. The molecule has 210 valence electrons. The van der Waals surface area contributed by atoms with Crippen molar-refractivity contribution in [1.82, 2.24) is 20.3 Å². The predicted octanol–water partition coefficient (Wildman–Crippen LogP) is 5.22. The molecule has 0 radical (unpaired) electrons. The first-order chi connectivity index (χ1) is 18.3. The Morgan fingerprint density at radius 1 is 1.13 bits per heavy atom. The highest BCUT2D eigenvalue weighted by molar-refractivity contribution is 6.83. The second-order valence-electron chi connectivity index (χ2n) is 11.4. The molecule has 3 rings (SSSR count). The molecule has 1 aromatic heterocycles. The number of carbonyl (C=O) groups excluding carboxylic acids is 1. The van der Waals surface area contributed by atoms with Gasteiger partial charge in [-0.3, -0.25) is 14.5 Å². The molecule has 0 atom stereocenters. The first-order valence-corrected chi connectivity index (χ1v) is 18.1. The van der Waals surface area contributed by atoms with Crippen LogP contribution in [-0.2, 0) is 17.8 Å². The molecule has 0 saturated carbocycles. The summed E-state index contributed by atoms with van der Waals surface area (Å²) in [5.74, 6) is 3.19. The van der Waals surface area contributed by atoms with Gasteiger partial charge in [-0.2, -0.15) is 0 Å². The van der Waals surface area contributed by atoms with Gasteiger partial charge in [-0.25, -0.2) is 4.58 Å². The molecule has 7 nitrogen and oxygen atoms in total. The van der Waals surface area contributed by atoms with E-state index in [2.05, 4.69) is 69.9 Å². The van der Waals surface area contributed by atoms with Gasteiger partial charge in [0.2, 0.25) is 5.91 Å². The fraction of sp³-hybridized carbons (Fsp3) is 0.700. The van der Waals surface area contributed by atoms with Crippen molar-refractivity contribution < 1.29 is 9.37 Å². The fourth-order valence-corrected chi connectivity index (χ4v) is 5.24. The monoisotopic (exact) mass is 539 g/mol. The molecule has 3 heterocycles. The van der Waals surface area contributed by atoms with Gasteiger partial charge >= 0.3 is 0 Å². The van der Waals surface area contributed by atoms with Crippen molar-refractivity contribution in [1.29, 1.82) is 0 Å². The van der Waals surface area contributed by atoms with Gasteiger partial charge in [-0.1, -0.05) is 31.4 Å². The van der Waals surface area contributed by atoms with E-state index in [1.165, 1.54) is 76.1 Å². The van der Waals surface area contributed by atoms with Crippen molar-refractivity contribution in [2.24, 2.45) is 4.99 Å². The molecule has 0 spiro atoms. The fourth-order valence-electron chi connectivity index (χ4n) is 4.58. The number of unbranched alkanes of at least 4 members (excludes halogenated alkanes) is 3. The van der Waals surface area contributed by atoms with E-state index < -0.39 is 8.07 Å². The number of hydrogen-bond donors (Lipinski definition) is 1. The summed E-state index contributed by atoms with van der Waals surface area (Å²) in [6.45, 7) is 14.0. The van der Waals surface area contributed by atoms with E-state index in [-0.39, 0.29) is 5.91 Å². The third kappa shape index (κ3) is 14.4. The summed E-state index contributed by atoms with van der Waals surface area (Å²) in [7, 11) is 1.07. The molecular formula is C30H51N6OSi+. The Hall–Kier alpha value is -2.53. The minimum absolute atomic E-state index is 0.130. The molecule has 1 amide bonds. The van der Waals surface area contributed by atoms with Crippen LogP contribution < -0.4 is 5.32 Å². The normalized spacial score (nSPS) is 14.9. The van der Waals surface area contributed by atoms with Gasteiger partial charge in [0.05, 0.1) is 5.69 Å². The van der Waals surface area contributed by atoms with E-state index in [1.807, 2.05) is 10.9 Å². The summed E-state index contributed by atoms with van der Waals surface area (Å²) in [4.78, 5) is 15.5. The number of nitrogens with zero attached hydrogens (tertiary/aromatic N) is 5. The molecule has 38 heavy (non-hydrogen) atoms. The molecule has 1 N–H and O–H groups in total. The molecule has 0 bridgehead atoms. The number of hydrogen-bond acceptors (Lipinski definition) is 4. The van der Waals surface area contributed by atoms with Crippen molar-refractivity contribution in [2.45, 2.75) is 110 Å². The molecular weight excluding hydrogens is 488 g/mol. The topological polar surface area (TPSA) is 75.2 Å². The van der Waals surface area contributed by atoms with Crippen LogP contribution in [0.3, 0.4) is 0 Å². The Bertz CT molecular complexity index is 992. The quantitative estimate of drug-likeness (QED) is 0.116. The zero-order valence-corrected chi connectivity index (χ0v) is 25.5. The van der Waals surface area contributed by atoms with Crippen molar-refractivity contribution >= 4 is 25.4 Å². The Morgan fingerprint density at radius 2 is 1.92 bits per heavy atom. The Balaban J connectivity index is 0.000000293. The van der Waals surface area contributed by atoms with E-state index in [0.29, 0.717) is 6.54 Å². The second kappa shape index (κ2) is 17.9. The number of carbonyl (C=O) groups is 1. The maximum atomic E-state index is 11.0. The average Bonchev–Trinajstić information content (AvgIpc) is 3.65. The van der Waals surface area contributed by atoms with Crippen molar-refractivity contribution in [2.75, 3.05) is 26.7 Å². The van der Waals surface area contributed by atoms with Gasteiger partial charge in [0, 0.05) is 57.2 Å². The van der Waals surface area contributed by atoms with Gasteiger partial charge in [-0.05, 0) is 63.9 Å². The summed E-state index contributed by atoms with van der Waals surface area (Å²) < 4.78 is 4.26. The van der Waals surface area contributed by atoms with Gasteiger partial charge < -0.3 is 5.32 Å². The van der Waals surface area contributed by atoms with Crippen LogP contribution in [0.2, 0.25) is 19.6 Å². The highest BCUT2D eigenvalue weighted by Gasteiger charge is 2.17. The van der Waals surface area contributed by atoms with Crippen molar-refractivity contribution in [3.63, 3.8) is 0 Å². The maximum Gasteiger partial charge on any atom is 0.243 e. The van der Waals surface area contributed by atoms with Crippen LogP contribution in [0.5, 0.6) is 0 Å². The number of aryl methyl sites for hydroxylation is 2. The third-order valence-electron chi connectivity index (χ3n) is 6.72. The Morgan fingerprint density at radius 3 is 2.61 bits per heavy atom. The molecule has 2 aliphatic heterocycles. The number of nitrogens with one attached hydrogen (secondary N) is 1. The zero-order valence-electron chi connectivity index (χ0n) is 24.5. The van der Waals surface area contributed by atoms with E-state index in [1.54, 1.807) is 5.71 Å². The summed E-state index contributed by atoms with van der Waals surface area (Å²) >= 11 is 0. The maximum absolute atomic E-state index is 11.0. The lowest BCUT2D eigenvalue weighted by atomic mass is 10.1. The van der Waals surface area contributed by atoms with Gasteiger partial charge in [0.15, 0.2) is 5.71 Å². The number of rotatable bonds is 14. The number of aromatic nitrogens is 3. The van der Waals surface area contributed by atoms with Gasteiger partial charge in [-0.15, -0.1) is 16.6 Å². The highest BCUT2D eigenvalue weighted by atomic mass is 28.3. The molecule has 0 aliphatic carbocycles. The summed E-state index contributed by atoms with van der Waals surface area (Å²) in [5, 5.41) is 11.1. The van der Waals surface area contributed by atoms with Crippen LogP contribution in [0.25, 0.3) is 0 Å². The second-order valence-corrected chi connectivity index (χ2v) is 16.2. The van der Waals surface area contributed by atoms with Crippen LogP contribution in [0.1, 0.15) is 82.7 Å². The highest BCUT2D eigenvalue weighted by Crippen LogP contribution is 2.12. The number of amides is 1. The van der Waals surface area contributed by atoms with Gasteiger partial charge in [0.1, 0.15) is 21.7 Å². The van der Waals surface area contributed by atoms with Crippen molar-refractivity contribution in [3.05, 3.63) is 24.5 Å². The average molecular weight is 540 g/mol. The zero-order chi connectivity index (χ0) is 27.6. The van der Waals surface area contributed by atoms with Crippen LogP contribution in [0.15, 0.2) is 23.8 Å². The summed E-state index contributed by atoms with van der Waals surface area (Å²) in [6, 6.07) is 0. The van der Waals surface area contributed by atoms with Crippen LogP contribution in [0.4, 0.5) is 0 Å². The molecule has 0 saturated heterocycles. The lowest BCUT2D eigenvalue weighted by Gasteiger charge is -2.03. The van der Waals surface area contributed by atoms with Crippen LogP contribution in [0, 0.1) is 11.5 Å². The summed E-state index contributed by atoms with van der Waals surface area (Å²) in [6.07, 6.45) is 18.7. The van der Waals surface area contributed by atoms with E-state index >= 15 is 0 Å². The number of aliphatic imine (C=N–C) groups is 1. The summed E-state index contributed by atoms with van der Waals surface area (Å²) in [5.41, 5.74) is 7.53. The van der Waals surface area contributed by atoms with Crippen LogP contribution in [-0.4, -0.2) is 71.7 Å². The van der Waals surface area contributed by atoms with Crippen LogP contribution >= 0.6 is 0 Å². The standard InChI is InChI=1S/C17H27N5O.C13H23NSi/c1-3-17(23)18-11-7-13-22-14-15(19-20-22)8-4-5-9-16-10-6-12-21(16)2;1-15(2,3)12-7-5-4-6-9-13-10-8-11-14-13/h3,14H,1,4-13H2,2H3;4-6,8-11H2,1-3H3/p+1. The molecule has 0 fully saturated rings. The molecule has 0 aromatic carbocycles. The van der Waals surface area contributed by atoms with E-state index in [0.717, 1.165) is 44.5 Å². The third-order valence-corrected chi connectivity index (χ3v) is 7.65. The smallest absolute Gasteiger partial charge is 0.243 e. The molecule has 8 heteroatoms. The lowest BCUT2D eigenvalue weighted by molar-refractivity contribution is -0.489. The molecule has 2 aliphatic rings. The largest absolute Gasteiger partial charge is 0.353 e.